The fraction of sp³-hybridized carbons (Fsp3) is 0.583. The van der Waals surface area contributed by atoms with Crippen molar-refractivity contribution in [2.24, 2.45) is 5.41 Å². The van der Waals surface area contributed by atoms with E-state index in [1.165, 1.54) is 30.5 Å². The number of aromatic amines is 1. The molecule has 29 heavy (non-hydrogen) atoms. The third-order valence-electron chi connectivity index (χ3n) is 6.77. The molecule has 2 saturated heterocycles. The Balaban J connectivity index is 1.31. The van der Waals surface area contributed by atoms with Gasteiger partial charge in [-0.2, -0.15) is 5.10 Å². The van der Waals surface area contributed by atoms with Crippen LogP contribution in [0, 0.1) is 5.41 Å². The van der Waals surface area contributed by atoms with E-state index in [-0.39, 0.29) is 0 Å². The zero-order valence-corrected chi connectivity index (χ0v) is 17.9. The maximum absolute atomic E-state index is 12.7. The largest absolute Gasteiger partial charge is 0.342 e. The van der Waals surface area contributed by atoms with Crippen LogP contribution < -0.4 is 0 Å². The normalized spacial score (nSPS) is 22.7. The summed E-state index contributed by atoms with van der Waals surface area (Å²) < 4.78 is 0. The van der Waals surface area contributed by atoms with Crippen LogP contribution in [-0.2, 0) is 17.8 Å². The Bertz CT molecular complexity index is 799. The molecular formula is C24H34N4O. The van der Waals surface area contributed by atoms with E-state index in [0.717, 1.165) is 44.6 Å². The fourth-order valence-electron chi connectivity index (χ4n) is 5.02. The Morgan fingerprint density at radius 2 is 1.97 bits per heavy atom. The van der Waals surface area contributed by atoms with Gasteiger partial charge in [-0.3, -0.25) is 14.8 Å². The maximum atomic E-state index is 12.7. The first-order valence-corrected chi connectivity index (χ1v) is 11.1. The van der Waals surface area contributed by atoms with Crippen molar-refractivity contribution in [2.45, 2.75) is 58.4 Å². The van der Waals surface area contributed by atoms with E-state index in [4.69, 9.17) is 0 Å². The number of rotatable bonds is 6. The smallest absolute Gasteiger partial charge is 0.222 e. The number of nitrogens with zero attached hydrogens (tertiary/aromatic N) is 3. The van der Waals surface area contributed by atoms with Crippen LogP contribution >= 0.6 is 0 Å². The first kappa shape index (κ1) is 20.1. The zero-order chi connectivity index (χ0) is 20.3. The van der Waals surface area contributed by atoms with Crippen molar-refractivity contribution in [1.29, 1.82) is 0 Å². The number of H-pyrrole nitrogens is 1. The first-order valence-electron chi connectivity index (χ1n) is 11.1. The van der Waals surface area contributed by atoms with Crippen LogP contribution in [0.1, 0.15) is 62.1 Å². The Hall–Kier alpha value is -2.14. The molecule has 2 aromatic rings. The second-order valence-electron chi connectivity index (χ2n) is 9.38. The van der Waals surface area contributed by atoms with E-state index in [1.54, 1.807) is 0 Å². The van der Waals surface area contributed by atoms with Gasteiger partial charge in [0, 0.05) is 44.2 Å². The average molecular weight is 395 g/mol. The van der Waals surface area contributed by atoms with Gasteiger partial charge < -0.3 is 4.90 Å². The number of benzene rings is 1. The molecule has 1 aromatic carbocycles. The predicted molar refractivity (Wildman–Crippen MR) is 116 cm³/mol. The molecule has 5 heteroatoms. The molecule has 1 N–H and O–H groups in total. The third kappa shape index (κ3) is 4.89. The summed E-state index contributed by atoms with van der Waals surface area (Å²) in [6.45, 7) is 9.64. The number of aryl methyl sites for hydroxylation is 1. The minimum atomic E-state index is 0.293. The second-order valence-corrected chi connectivity index (χ2v) is 9.38. The van der Waals surface area contributed by atoms with Crippen LogP contribution in [0.25, 0.3) is 0 Å². The highest BCUT2D eigenvalue weighted by Gasteiger charge is 2.42. The molecule has 1 spiro atoms. The Morgan fingerprint density at radius 3 is 2.69 bits per heavy atom. The third-order valence-corrected chi connectivity index (χ3v) is 6.77. The zero-order valence-electron chi connectivity index (χ0n) is 17.9. The lowest BCUT2D eigenvalue weighted by Gasteiger charge is -2.40. The highest BCUT2D eigenvalue weighted by molar-refractivity contribution is 5.76. The molecular weight excluding hydrogens is 360 g/mol. The van der Waals surface area contributed by atoms with E-state index < -0.39 is 0 Å². The van der Waals surface area contributed by atoms with Gasteiger partial charge in [-0.15, -0.1) is 0 Å². The number of carbonyl (C=O) groups is 1. The van der Waals surface area contributed by atoms with Crippen molar-refractivity contribution in [2.75, 3.05) is 26.2 Å². The molecule has 2 aliphatic heterocycles. The standard InChI is InChI=1S/C24H34N4O/c1-19(2)22-7-4-20(5-8-22)16-27-12-3-10-24(17-27)11-13-28(18-24)23(29)9-6-21-14-25-26-15-21/h4-5,7-8,14-15,19H,3,6,9-13,16-18H2,1-2H3,(H,25,26). The van der Waals surface area contributed by atoms with Crippen LogP contribution in [0.15, 0.2) is 36.7 Å². The number of aromatic nitrogens is 2. The SMILES string of the molecule is CC(C)c1ccc(CN2CCCC3(CCN(C(=O)CCc4cn[nH]c4)C3)C2)cc1. The molecule has 1 unspecified atom stereocenters. The van der Waals surface area contributed by atoms with Crippen LogP contribution in [0.4, 0.5) is 0 Å². The lowest BCUT2D eigenvalue weighted by molar-refractivity contribution is -0.130. The summed E-state index contributed by atoms with van der Waals surface area (Å²) in [7, 11) is 0. The summed E-state index contributed by atoms with van der Waals surface area (Å²) in [5.41, 5.74) is 4.21. The molecule has 5 nitrogen and oxygen atoms in total. The molecule has 4 rings (SSSR count). The van der Waals surface area contributed by atoms with Crippen molar-refractivity contribution in [3.8, 4) is 0 Å². The summed E-state index contributed by atoms with van der Waals surface area (Å²) in [6.07, 6.45) is 8.69. The lowest BCUT2D eigenvalue weighted by atomic mass is 9.79. The monoisotopic (exact) mass is 394 g/mol. The molecule has 156 valence electrons. The minimum Gasteiger partial charge on any atom is -0.342 e. The molecule has 0 bridgehead atoms. The first-order chi connectivity index (χ1) is 14.0. The van der Waals surface area contributed by atoms with Gasteiger partial charge in [-0.05, 0) is 54.8 Å². The Morgan fingerprint density at radius 1 is 1.14 bits per heavy atom. The molecule has 2 aliphatic rings. The van der Waals surface area contributed by atoms with Crippen LogP contribution in [0.5, 0.6) is 0 Å². The number of piperidine rings is 1. The minimum absolute atomic E-state index is 0.293. The van der Waals surface area contributed by atoms with Gasteiger partial charge in [-0.25, -0.2) is 0 Å². The van der Waals surface area contributed by atoms with Crippen molar-refractivity contribution >= 4 is 5.91 Å². The predicted octanol–water partition coefficient (Wildman–Crippen LogP) is 3.98. The molecule has 0 radical (unpaired) electrons. The summed E-state index contributed by atoms with van der Waals surface area (Å²) in [4.78, 5) is 17.4. The van der Waals surface area contributed by atoms with Gasteiger partial charge in [0.05, 0.1) is 6.20 Å². The lowest BCUT2D eigenvalue weighted by Crippen LogP contribution is -2.45. The van der Waals surface area contributed by atoms with Crippen molar-refractivity contribution in [3.63, 3.8) is 0 Å². The molecule has 0 aliphatic carbocycles. The number of amides is 1. The molecule has 1 amide bonds. The summed E-state index contributed by atoms with van der Waals surface area (Å²) in [5.74, 6) is 0.877. The van der Waals surface area contributed by atoms with E-state index >= 15 is 0 Å². The van der Waals surface area contributed by atoms with Gasteiger partial charge in [0.15, 0.2) is 0 Å². The second kappa shape index (κ2) is 8.70. The number of hydrogen-bond acceptors (Lipinski definition) is 3. The highest BCUT2D eigenvalue weighted by Crippen LogP contribution is 2.39. The van der Waals surface area contributed by atoms with Crippen LogP contribution in [0.3, 0.4) is 0 Å². The van der Waals surface area contributed by atoms with Crippen LogP contribution in [-0.4, -0.2) is 52.1 Å². The van der Waals surface area contributed by atoms with Gasteiger partial charge in [0.25, 0.3) is 0 Å². The van der Waals surface area contributed by atoms with E-state index in [2.05, 4.69) is 58.1 Å². The summed E-state index contributed by atoms with van der Waals surface area (Å²) in [5, 5.41) is 6.79. The summed E-state index contributed by atoms with van der Waals surface area (Å²) in [6, 6.07) is 9.12. The topological polar surface area (TPSA) is 52.2 Å². The molecule has 1 aromatic heterocycles. The summed E-state index contributed by atoms with van der Waals surface area (Å²) >= 11 is 0. The quantitative estimate of drug-likeness (QED) is 0.806. The number of nitrogens with one attached hydrogen (secondary N) is 1. The molecule has 2 fully saturated rings. The van der Waals surface area contributed by atoms with Crippen molar-refractivity contribution in [1.82, 2.24) is 20.0 Å². The maximum Gasteiger partial charge on any atom is 0.222 e. The van der Waals surface area contributed by atoms with Crippen molar-refractivity contribution < 1.29 is 4.79 Å². The van der Waals surface area contributed by atoms with E-state index in [9.17, 15) is 4.79 Å². The average Bonchev–Trinajstić information content (AvgIpc) is 3.37. The van der Waals surface area contributed by atoms with Gasteiger partial charge in [0.1, 0.15) is 0 Å². The molecule has 1 atom stereocenters. The Labute approximate surface area is 174 Å². The van der Waals surface area contributed by atoms with Gasteiger partial charge in [-0.1, -0.05) is 38.1 Å². The number of likely N-dealkylation sites (tertiary alicyclic amines) is 2. The molecule has 0 saturated carbocycles. The fourth-order valence-corrected chi connectivity index (χ4v) is 5.02. The van der Waals surface area contributed by atoms with Crippen molar-refractivity contribution in [3.05, 3.63) is 53.3 Å². The number of carbonyl (C=O) groups excluding carboxylic acids is 1. The number of hydrogen-bond donors (Lipinski definition) is 1. The van der Waals surface area contributed by atoms with Gasteiger partial charge >= 0.3 is 0 Å². The molecule has 3 heterocycles. The van der Waals surface area contributed by atoms with Gasteiger partial charge in [0.2, 0.25) is 5.91 Å². The highest BCUT2D eigenvalue weighted by atomic mass is 16.2. The van der Waals surface area contributed by atoms with E-state index in [0.29, 0.717) is 23.7 Å². The van der Waals surface area contributed by atoms with E-state index in [1.807, 2.05) is 12.4 Å². The van der Waals surface area contributed by atoms with Crippen LogP contribution in [0.2, 0.25) is 0 Å². The Kier molecular flexibility index (Phi) is 6.04.